The van der Waals surface area contributed by atoms with Gasteiger partial charge in [0.15, 0.2) is 0 Å². The molecule has 0 aliphatic heterocycles. The molecule has 0 radical (unpaired) electrons. The summed E-state index contributed by atoms with van der Waals surface area (Å²) in [6.07, 6.45) is 14.1. The lowest BCUT2D eigenvalue weighted by Gasteiger charge is -2.15. The zero-order valence-electron chi connectivity index (χ0n) is 20.0. The number of benzene rings is 1. The molecule has 0 spiro atoms. The number of aliphatic carboxylic acids is 1. The SMILES string of the molecule is C1CCCCC1.Cc1ccc(CCC(=O)NCC(=O)OC(CC2=CC=CC#CC2)C(=O)O)cc1. The first-order chi connectivity index (χ1) is 16.4. The Hall–Kier alpha value is -3.33. The van der Waals surface area contributed by atoms with Crippen LogP contribution in [0.4, 0.5) is 0 Å². The Kier molecular flexibility index (Phi) is 12.3. The highest BCUT2D eigenvalue weighted by Crippen LogP contribution is 2.15. The first-order valence-electron chi connectivity index (χ1n) is 12.0. The number of allylic oxidation sites excluding steroid dienone is 3. The molecular weight excluding hydrogens is 430 g/mol. The highest BCUT2D eigenvalue weighted by molar-refractivity contribution is 5.83. The predicted molar refractivity (Wildman–Crippen MR) is 132 cm³/mol. The first kappa shape index (κ1) is 26.9. The molecule has 182 valence electrons. The number of hydrogen-bond acceptors (Lipinski definition) is 4. The van der Waals surface area contributed by atoms with Crippen LogP contribution in [0.3, 0.4) is 0 Å². The highest BCUT2D eigenvalue weighted by Gasteiger charge is 2.23. The zero-order valence-corrected chi connectivity index (χ0v) is 20.0. The molecule has 2 N–H and O–H groups in total. The molecule has 2 aliphatic carbocycles. The predicted octanol–water partition coefficient (Wildman–Crippen LogP) is 4.66. The van der Waals surface area contributed by atoms with E-state index in [1.807, 2.05) is 31.2 Å². The van der Waals surface area contributed by atoms with Gasteiger partial charge < -0.3 is 15.2 Å². The van der Waals surface area contributed by atoms with Crippen LogP contribution in [0, 0.1) is 18.8 Å². The van der Waals surface area contributed by atoms with Gasteiger partial charge in [-0.25, -0.2) is 4.79 Å². The van der Waals surface area contributed by atoms with E-state index >= 15 is 0 Å². The second kappa shape index (κ2) is 15.5. The largest absolute Gasteiger partial charge is 0.478 e. The molecule has 2 aliphatic rings. The number of carbonyl (C=O) groups excluding carboxylic acids is 2. The topological polar surface area (TPSA) is 92.7 Å². The van der Waals surface area contributed by atoms with E-state index in [1.54, 1.807) is 18.2 Å². The number of nitrogens with one attached hydrogen (secondary N) is 1. The maximum Gasteiger partial charge on any atom is 0.345 e. The molecule has 0 aromatic heterocycles. The Balaban J connectivity index is 0.000000589. The Bertz CT molecular complexity index is 918. The molecule has 1 atom stereocenters. The van der Waals surface area contributed by atoms with Crippen LogP contribution in [0.1, 0.15) is 68.9 Å². The number of esters is 1. The van der Waals surface area contributed by atoms with E-state index in [-0.39, 0.29) is 25.3 Å². The van der Waals surface area contributed by atoms with Gasteiger partial charge in [-0.1, -0.05) is 97.9 Å². The lowest BCUT2D eigenvalue weighted by molar-refractivity contribution is -0.163. The second-order valence-corrected chi connectivity index (χ2v) is 8.59. The fourth-order valence-electron chi connectivity index (χ4n) is 3.61. The van der Waals surface area contributed by atoms with Crippen molar-refractivity contribution in [3.8, 4) is 11.8 Å². The van der Waals surface area contributed by atoms with Crippen molar-refractivity contribution in [1.29, 1.82) is 0 Å². The number of hydrogen-bond donors (Lipinski definition) is 2. The molecular formula is C28H35NO5. The van der Waals surface area contributed by atoms with Crippen molar-refractivity contribution in [2.24, 2.45) is 0 Å². The second-order valence-electron chi connectivity index (χ2n) is 8.59. The standard InChI is InChI=1S/C22H23NO5.C6H12/c1-16-8-10-17(11-9-16)12-13-20(24)23-15-21(25)28-19(22(26)27)14-18-6-4-2-3-5-7-18;1-2-4-6-5-3-1/h2,4,6,8-11,19H,7,12-15H2,1H3,(H,23,24)(H,26,27);1-6H2. The minimum Gasteiger partial charge on any atom is -0.478 e. The molecule has 1 aromatic carbocycles. The third-order valence-corrected chi connectivity index (χ3v) is 5.62. The van der Waals surface area contributed by atoms with Gasteiger partial charge in [0.25, 0.3) is 0 Å². The summed E-state index contributed by atoms with van der Waals surface area (Å²) in [5, 5.41) is 11.8. The normalized spacial score (nSPS) is 15.3. The van der Waals surface area contributed by atoms with Crippen LogP contribution in [0.5, 0.6) is 0 Å². The van der Waals surface area contributed by atoms with Crippen LogP contribution >= 0.6 is 0 Å². The Labute approximate surface area is 202 Å². The summed E-state index contributed by atoms with van der Waals surface area (Å²) in [6, 6.07) is 7.86. The fourth-order valence-corrected chi connectivity index (χ4v) is 3.61. The molecule has 0 bridgehead atoms. The van der Waals surface area contributed by atoms with Gasteiger partial charge in [0, 0.05) is 19.3 Å². The average Bonchev–Trinajstić information content (AvgIpc) is 3.12. The number of ether oxygens (including phenoxy) is 1. The van der Waals surface area contributed by atoms with Crippen molar-refractivity contribution in [2.45, 2.75) is 77.2 Å². The van der Waals surface area contributed by atoms with Gasteiger partial charge >= 0.3 is 11.9 Å². The first-order valence-corrected chi connectivity index (χ1v) is 12.0. The van der Waals surface area contributed by atoms with Crippen molar-refractivity contribution in [3.05, 3.63) is 59.2 Å². The molecule has 6 nitrogen and oxygen atoms in total. The molecule has 1 amide bonds. The molecule has 0 saturated heterocycles. The van der Waals surface area contributed by atoms with Gasteiger partial charge in [0.1, 0.15) is 6.54 Å². The van der Waals surface area contributed by atoms with E-state index in [1.165, 1.54) is 38.5 Å². The van der Waals surface area contributed by atoms with E-state index in [0.29, 0.717) is 12.8 Å². The van der Waals surface area contributed by atoms with E-state index in [2.05, 4.69) is 17.2 Å². The van der Waals surface area contributed by atoms with Crippen molar-refractivity contribution in [1.82, 2.24) is 5.32 Å². The maximum atomic E-state index is 11.9. The van der Waals surface area contributed by atoms with E-state index in [9.17, 15) is 19.5 Å². The molecule has 3 rings (SSSR count). The summed E-state index contributed by atoms with van der Waals surface area (Å²) in [4.78, 5) is 35.2. The van der Waals surface area contributed by atoms with Crippen LogP contribution in [0.25, 0.3) is 0 Å². The molecule has 1 aromatic rings. The Morgan fingerprint density at radius 2 is 1.71 bits per heavy atom. The van der Waals surface area contributed by atoms with Gasteiger partial charge in [0.2, 0.25) is 12.0 Å². The lowest BCUT2D eigenvalue weighted by Crippen LogP contribution is -2.35. The minimum absolute atomic E-state index is 0.0570. The number of carboxylic acid groups (broad SMARTS) is 1. The van der Waals surface area contributed by atoms with Crippen molar-refractivity contribution >= 4 is 17.8 Å². The van der Waals surface area contributed by atoms with Gasteiger partial charge in [0.05, 0.1) is 0 Å². The Morgan fingerprint density at radius 1 is 1.06 bits per heavy atom. The van der Waals surface area contributed by atoms with Crippen molar-refractivity contribution < 1.29 is 24.2 Å². The average molecular weight is 466 g/mol. The third kappa shape index (κ3) is 11.5. The van der Waals surface area contributed by atoms with Crippen LogP contribution in [0.2, 0.25) is 0 Å². The molecule has 6 heteroatoms. The van der Waals surface area contributed by atoms with Gasteiger partial charge in [-0.05, 0) is 25.0 Å². The summed E-state index contributed by atoms with van der Waals surface area (Å²) < 4.78 is 5.02. The third-order valence-electron chi connectivity index (χ3n) is 5.62. The summed E-state index contributed by atoms with van der Waals surface area (Å²) in [6.45, 7) is 1.62. The van der Waals surface area contributed by atoms with Crippen molar-refractivity contribution in [2.75, 3.05) is 6.54 Å². The molecule has 1 unspecified atom stereocenters. The van der Waals surface area contributed by atoms with Crippen LogP contribution in [-0.4, -0.2) is 35.6 Å². The number of amides is 1. The summed E-state index contributed by atoms with van der Waals surface area (Å²) in [5.74, 6) is 3.35. The minimum atomic E-state index is -1.31. The van der Waals surface area contributed by atoms with Gasteiger partial charge in [-0.3, -0.25) is 9.59 Å². The molecule has 0 heterocycles. The summed E-state index contributed by atoms with van der Waals surface area (Å²) in [7, 11) is 0. The number of carboxylic acids is 1. The molecule has 34 heavy (non-hydrogen) atoms. The number of rotatable bonds is 9. The number of aryl methyl sites for hydroxylation is 2. The molecule has 1 saturated carbocycles. The highest BCUT2D eigenvalue weighted by atomic mass is 16.6. The monoisotopic (exact) mass is 465 g/mol. The van der Waals surface area contributed by atoms with E-state index < -0.39 is 18.0 Å². The quantitative estimate of drug-likeness (QED) is 0.409. The Morgan fingerprint density at radius 3 is 2.32 bits per heavy atom. The van der Waals surface area contributed by atoms with Crippen LogP contribution in [-0.2, 0) is 25.5 Å². The van der Waals surface area contributed by atoms with Gasteiger partial charge in [-0.2, -0.15) is 0 Å². The lowest BCUT2D eigenvalue weighted by atomic mass is 10.0. The van der Waals surface area contributed by atoms with E-state index in [0.717, 1.165) is 16.7 Å². The fraction of sp³-hybridized carbons (Fsp3) is 0.464. The van der Waals surface area contributed by atoms with Crippen LogP contribution < -0.4 is 5.32 Å². The summed E-state index contributed by atoms with van der Waals surface area (Å²) >= 11 is 0. The van der Waals surface area contributed by atoms with Crippen molar-refractivity contribution in [3.63, 3.8) is 0 Å². The summed E-state index contributed by atoms with van der Waals surface area (Å²) in [5.41, 5.74) is 2.94. The van der Waals surface area contributed by atoms with Gasteiger partial charge in [-0.15, -0.1) is 0 Å². The van der Waals surface area contributed by atoms with Crippen LogP contribution in [0.15, 0.2) is 48.1 Å². The smallest absolute Gasteiger partial charge is 0.345 e. The van der Waals surface area contributed by atoms with E-state index in [4.69, 9.17) is 4.74 Å². The maximum absolute atomic E-state index is 11.9. The number of carbonyl (C=O) groups is 3. The molecule has 1 fully saturated rings. The zero-order chi connectivity index (χ0) is 24.6.